The second kappa shape index (κ2) is 3.23. The Kier molecular flexibility index (Phi) is 2.51. The second-order valence-electron chi connectivity index (χ2n) is 1.74. The molecule has 0 atom stereocenters. The third-order valence-electron chi connectivity index (χ3n) is 1.13. The molecule has 0 amide bonds. The van der Waals surface area contributed by atoms with E-state index in [1.165, 1.54) is 23.8 Å². The fraction of sp³-hybridized carbons (Fsp3) is 0.167. The van der Waals surface area contributed by atoms with Gasteiger partial charge in [-0.1, -0.05) is 0 Å². The minimum absolute atomic E-state index is 0.0874. The van der Waals surface area contributed by atoms with Gasteiger partial charge in [-0.25, -0.2) is 0 Å². The van der Waals surface area contributed by atoms with E-state index in [0.717, 1.165) is 0 Å². The number of hydrogen-bond acceptors (Lipinski definition) is 4. The molecule has 60 valence electrons. The van der Waals surface area contributed by atoms with Gasteiger partial charge in [0, 0.05) is 5.38 Å². The van der Waals surface area contributed by atoms with Gasteiger partial charge in [0.05, 0.1) is 18.6 Å². The minimum Gasteiger partial charge on any atom is -0.545 e. The van der Waals surface area contributed by atoms with Crippen LogP contribution in [-0.4, -0.2) is 13.1 Å². The number of carbonyl (C=O) groups is 1. The molecule has 0 N–H and O–H groups in total. The zero-order chi connectivity index (χ0) is 8.43. The number of carboxylic acid groups (broad SMARTS) is 1. The quantitative estimate of drug-likeness (QED) is 0.765. The molecule has 0 aliphatic rings. The van der Waals surface area contributed by atoms with Crippen LogP contribution in [0.5, 0.6) is 5.75 Å². The molecule has 0 aliphatic carbocycles. The molecular formula is C6H4BrO3S-. The molecular weight excluding hydrogens is 232 g/mol. The zero-order valence-electron chi connectivity index (χ0n) is 5.59. The Labute approximate surface area is 75.7 Å². The van der Waals surface area contributed by atoms with Crippen LogP contribution in [-0.2, 0) is 0 Å². The SMILES string of the molecule is COc1c(C(=O)[O-])csc1Br. The van der Waals surface area contributed by atoms with E-state index in [1.807, 2.05) is 0 Å². The average molecular weight is 236 g/mol. The summed E-state index contributed by atoms with van der Waals surface area (Å²) in [7, 11) is 1.42. The van der Waals surface area contributed by atoms with Gasteiger partial charge in [0.1, 0.15) is 3.79 Å². The number of ether oxygens (including phenoxy) is 1. The van der Waals surface area contributed by atoms with Crippen molar-refractivity contribution in [2.75, 3.05) is 7.11 Å². The monoisotopic (exact) mass is 235 g/mol. The number of thiophene rings is 1. The van der Waals surface area contributed by atoms with Crippen molar-refractivity contribution in [3.8, 4) is 5.75 Å². The van der Waals surface area contributed by atoms with Crippen LogP contribution in [0.3, 0.4) is 0 Å². The number of rotatable bonds is 2. The van der Waals surface area contributed by atoms with Gasteiger partial charge < -0.3 is 14.6 Å². The van der Waals surface area contributed by atoms with Crippen molar-refractivity contribution in [3.05, 3.63) is 14.7 Å². The smallest absolute Gasteiger partial charge is 0.152 e. The van der Waals surface area contributed by atoms with E-state index >= 15 is 0 Å². The van der Waals surface area contributed by atoms with Crippen molar-refractivity contribution in [2.45, 2.75) is 0 Å². The summed E-state index contributed by atoms with van der Waals surface area (Å²) in [5, 5.41) is 11.9. The fourth-order valence-corrected chi connectivity index (χ4v) is 2.04. The molecule has 3 nitrogen and oxygen atoms in total. The highest BCUT2D eigenvalue weighted by Crippen LogP contribution is 2.34. The maximum Gasteiger partial charge on any atom is 0.152 e. The van der Waals surface area contributed by atoms with Crippen LogP contribution in [0.4, 0.5) is 0 Å². The van der Waals surface area contributed by atoms with Crippen molar-refractivity contribution in [2.24, 2.45) is 0 Å². The van der Waals surface area contributed by atoms with Crippen LogP contribution in [0.15, 0.2) is 9.17 Å². The summed E-state index contributed by atoms with van der Waals surface area (Å²) in [6, 6.07) is 0. The highest BCUT2D eigenvalue weighted by atomic mass is 79.9. The van der Waals surface area contributed by atoms with Gasteiger partial charge in [0.2, 0.25) is 0 Å². The van der Waals surface area contributed by atoms with Crippen molar-refractivity contribution < 1.29 is 14.6 Å². The van der Waals surface area contributed by atoms with Crippen LogP contribution < -0.4 is 9.84 Å². The van der Waals surface area contributed by atoms with Crippen LogP contribution >= 0.6 is 27.3 Å². The van der Waals surface area contributed by atoms with Gasteiger partial charge in [-0.05, 0) is 15.9 Å². The third kappa shape index (κ3) is 1.54. The van der Waals surface area contributed by atoms with Crippen molar-refractivity contribution in [1.82, 2.24) is 0 Å². The number of aromatic carboxylic acids is 1. The molecule has 1 heterocycles. The Bertz CT molecular complexity index is 281. The van der Waals surface area contributed by atoms with Crippen LogP contribution in [0.1, 0.15) is 10.4 Å². The van der Waals surface area contributed by atoms with Gasteiger partial charge >= 0.3 is 0 Å². The molecule has 5 heteroatoms. The van der Waals surface area contributed by atoms with E-state index < -0.39 is 5.97 Å². The summed E-state index contributed by atoms with van der Waals surface area (Å²) >= 11 is 4.40. The van der Waals surface area contributed by atoms with E-state index in [9.17, 15) is 9.90 Å². The standard InChI is InChI=1S/C6H5BrO3S/c1-10-4-3(6(8)9)2-11-5(4)7/h2H,1H3,(H,8,9)/p-1. The number of methoxy groups -OCH3 is 1. The van der Waals surface area contributed by atoms with Gasteiger partial charge in [0.15, 0.2) is 5.75 Å². The maximum atomic E-state index is 10.4. The molecule has 1 aromatic rings. The topological polar surface area (TPSA) is 49.4 Å². The molecule has 0 radical (unpaired) electrons. The predicted molar refractivity (Wildman–Crippen MR) is 42.9 cm³/mol. The molecule has 0 unspecified atom stereocenters. The average Bonchev–Trinajstić information content (AvgIpc) is 2.30. The van der Waals surface area contributed by atoms with Crippen LogP contribution in [0.25, 0.3) is 0 Å². The Morgan fingerprint density at radius 1 is 1.82 bits per heavy atom. The van der Waals surface area contributed by atoms with E-state index in [1.54, 1.807) is 0 Å². The summed E-state index contributed by atoms with van der Waals surface area (Å²) in [5.74, 6) is -0.890. The summed E-state index contributed by atoms with van der Waals surface area (Å²) < 4.78 is 5.49. The predicted octanol–water partition coefficient (Wildman–Crippen LogP) is 0.883. The molecule has 0 spiro atoms. The normalized spacial score (nSPS) is 9.64. The van der Waals surface area contributed by atoms with Crippen LogP contribution in [0.2, 0.25) is 0 Å². The Morgan fingerprint density at radius 2 is 2.45 bits per heavy atom. The molecule has 0 bridgehead atoms. The maximum absolute atomic E-state index is 10.4. The van der Waals surface area contributed by atoms with Crippen molar-refractivity contribution in [3.63, 3.8) is 0 Å². The highest BCUT2D eigenvalue weighted by molar-refractivity contribution is 9.11. The third-order valence-corrected chi connectivity index (χ3v) is 2.79. The Balaban J connectivity index is 3.15. The summed E-state index contributed by atoms with van der Waals surface area (Å²) in [5.41, 5.74) is 0.0874. The lowest BCUT2D eigenvalue weighted by molar-refractivity contribution is -0.255. The van der Waals surface area contributed by atoms with Gasteiger partial charge in [-0.2, -0.15) is 0 Å². The largest absolute Gasteiger partial charge is 0.545 e. The molecule has 0 aliphatic heterocycles. The van der Waals surface area contributed by atoms with Crippen molar-refractivity contribution in [1.29, 1.82) is 0 Å². The summed E-state index contributed by atoms with van der Waals surface area (Å²) in [4.78, 5) is 10.4. The molecule has 0 fully saturated rings. The van der Waals surface area contributed by atoms with Gasteiger partial charge in [-0.15, -0.1) is 11.3 Å². The second-order valence-corrected chi connectivity index (χ2v) is 3.94. The number of carboxylic acids is 1. The van der Waals surface area contributed by atoms with E-state index in [0.29, 0.717) is 9.54 Å². The molecule has 11 heavy (non-hydrogen) atoms. The number of halogens is 1. The number of carbonyl (C=O) groups excluding carboxylic acids is 1. The van der Waals surface area contributed by atoms with E-state index in [4.69, 9.17) is 4.74 Å². The number of hydrogen-bond donors (Lipinski definition) is 0. The first-order valence-electron chi connectivity index (χ1n) is 2.69. The highest BCUT2D eigenvalue weighted by Gasteiger charge is 2.09. The Hall–Kier alpha value is -0.550. The fourth-order valence-electron chi connectivity index (χ4n) is 0.655. The summed E-state index contributed by atoms with van der Waals surface area (Å²) in [6.07, 6.45) is 0. The Morgan fingerprint density at radius 3 is 2.82 bits per heavy atom. The van der Waals surface area contributed by atoms with E-state index in [-0.39, 0.29) is 5.56 Å². The minimum atomic E-state index is -1.22. The van der Waals surface area contributed by atoms with E-state index in [2.05, 4.69) is 15.9 Å². The first-order chi connectivity index (χ1) is 5.16. The molecule has 0 saturated heterocycles. The lowest BCUT2D eigenvalue weighted by Crippen LogP contribution is -2.22. The lowest BCUT2D eigenvalue weighted by Gasteiger charge is -2.02. The molecule has 1 aromatic heterocycles. The van der Waals surface area contributed by atoms with Gasteiger partial charge in [0.25, 0.3) is 0 Å². The van der Waals surface area contributed by atoms with Crippen molar-refractivity contribution >= 4 is 33.2 Å². The molecule has 0 saturated carbocycles. The molecule has 0 aromatic carbocycles. The van der Waals surface area contributed by atoms with Gasteiger partial charge in [-0.3, -0.25) is 0 Å². The summed E-state index contributed by atoms with van der Waals surface area (Å²) in [6.45, 7) is 0. The first kappa shape index (κ1) is 8.55. The lowest BCUT2D eigenvalue weighted by atomic mass is 10.3. The first-order valence-corrected chi connectivity index (χ1v) is 4.36. The zero-order valence-corrected chi connectivity index (χ0v) is 7.99. The van der Waals surface area contributed by atoms with Crippen LogP contribution in [0, 0.1) is 0 Å². The molecule has 1 rings (SSSR count).